The Hall–Kier alpha value is -0.190. The lowest BCUT2D eigenvalue weighted by Crippen LogP contribution is -2.15. The maximum atomic E-state index is 10.00. The van der Waals surface area contributed by atoms with E-state index >= 15 is 0 Å². The number of aliphatic hydroxyl groups is 1. The minimum absolute atomic E-state index is 0.288. The summed E-state index contributed by atoms with van der Waals surface area (Å²) in [5, 5.41) is 10.6. The summed E-state index contributed by atoms with van der Waals surface area (Å²) in [6, 6.07) is 5.94. The van der Waals surface area contributed by atoms with Gasteiger partial charge in [-0.05, 0) is 46.5 Å². The molecule has 0 amide bonds. The van der Waals surface area contributed by atoms with E-state index in [9.17, 15) is 5.11 Å². The maximum absolute atomic E-state index is 10.00. The summed E-state index contributed by atoms with van der Waals surface area (Å²) in [6.45, 7) is 4.37. The van der Waals surface area contributed by atoms with Crippen LogP contribution in [0.3, 0.4) is 0 Å². The summed E-state index contributed by atoms with van der Waals surface area (Å²) >= 11 is 5.29. The van der Waals surface area contributed by atoms with Crippen molar-refractivity contribution in [1.82, 2.24) is 0 Å². The lowest BCUT2D eigenvalue weighted by atomic mass is 10.1. The summed E-state index contributed by atoms with van der Waals surface area (Å²) in [5.74, 6) is 1.61. The van der Waals surface area contributed by atoms with Crippen LogP contribution in [0.4, 0.5) is 0 Å². The van der Waals surface area contributed by atoms with Gasteiger partial charge in [0.15, 0.2) is 0 Å². The molecular formula is C14H21BrO2S. The fourth-order valence-corrected chi connectivity index (χ4v) is 3.05. The van der Waals surface area contributed by atoms with Crippen molar-refractivity contribution in [1.29, 1.82) is 0 Å². The number of ether oxygens (including phenoxy) is 1. The molecule has 0 spiro atoms. The predicted octanol–water partition coefficient (Wildman–Crippen LogP) is 3.89. The molecule has 0 bridgehead atoms. The van der Waals surface area contributed by atoms with E-state index in [2.05, 4.69) is 29.8 Å². The Labute approximate surface area is 122 Å². The van der Waals surface area contributed by atoms with Crippen molar-refractivity contribution in [3.05, 3.63) is 28.2 Å². The van der Waals surface area contributed by atoms with Crippen LogP contribution in [0.1, 0.15) is 25.8 Å². The largest absolute Gasteiger partial charge is 0.496 e. The highest BCUT2D eigenvalue weighted by atomic mass is 79.9. The van der Waals surface area contributed by atoms with Gasteiger partial charge in [0, 0.05) is 11.0 Å². The van der Waals surface area contributed by atoms with Crippen molar-refractivity contribution in [3.63, 3.8) is 0 Å². The summed E-state index contributed by atoms with van der Waals surface area (Å²) in [4.78, 5) is 0. The third-order valence-electron chi connectivity index (χ3n) is 2.84. The number of halogens is 1. The Bertz CT molecular complexity index is 371. The topological polar surface area (TPSA) is 29.5 Å². The van der Waals surface area contributed by atoms with Crippen molar-refractivity contribution in [2.75, 3.05) is 12.9 Å². The summed E-state index contributed by atoms with van der Waals surface area (Å²) in [5.41, 5.74) is 1.12. The highest BCUT2D eigenvalue weighted by molar-refractivity contribution is 9.10. The van der Waals surface area contributed by atoms with Crippen LogP contribution in [0.25, 0.3) is 0 Å². The molecule has 0 saturated carbocycles. The van der Waals surface area contributed by atoms with Gasteiger partial charge in [-0.1, -0.05) is 19.9 Å². The fourth-order valence-electron chi connectivity index (χ4n) is 1.56. The normalized spacial score (nSPS) is 14.3. The third-order valence-corrected chi connectivity index (χ3v) is 4.93. The first-order valence-corrected chi connectivity index (χ1v) is 8.03. The summed E-state index contributed by atoms with van der Waals surface area (Å²) in [6.07, 6.45) is 1.54. The average Bonchev–Trinajstić information content (AvgIpc) is 2.36. The molecule has 0 heterocycles. The third kappa shape index (κ3) is 5.21. The number of methoxy groups -OCH3 is 1. The molecule has 1 aromatic rings. The number of rotatable bonds is 7. The van der Waals surface area contributed by atoms with Crippen molar-refractivity contribution in [2.45, 2.75) is 38.0 Å². The molecule has 0 fully saturated rings. The second kappa shape index (κ2) is 8.08. The molecule has 2 unspecified atom stereocenters. The van der Waals surface area contributed by atoms with Gasteiger partial charge in [-0.15, -0.1) is 0 Å². The van der Waals surface area contributed by atoms with Crippen molar-refractivity contribution in [2.24, 2.45) is 0 Å². The average molecular weight is 333 g/mol. The molecule has 1 aromatic carbocycles. The van der Waals surface area contributed by atoms with Gasteiger partial charge < -0.3 is 9.84 Å². The van der Waals surface area contributed by atoms with Gasteiger partial charge >= 0.3 is 0 Å². The monoisotopic (exact) mass is 332 g/mol. The number of thioether (sulfide) groups is 1. The lowest BCUT2D eigenvalue weighted by Gasteiger charge is -2.14. The molecule has 0 aliphatic carbocycles. The Morgan fingerprint density at radius 3 is 2.72 bits per heavy atom. The van der Waals surface area contributed by atoms with Crippen molar-refractivity contribution < 1.29 is 9.84 Å². The molecule has 102 valence electrons. The molecule has 0 aromatic heterocycles. The fraction of sp³-hybridized carbons (Fsp3) is 0.571. The zero-order valence-corrected chi connectivity index (χ0v) is 13.6. The van der Waals surface area contributed by atoms with Crippen molar-refractivity contribution in [3.8, 4) is 5.75 Å². The molecular weight excluding hydrogens is 312 g/mol. The lowest BCUT2D eigenvalue weighted by molar-refractivity contribution is 0.200. The van der Waals surface area contributed by atoms with E-state index in [1.807, 2.05) is 30.0 Å². The predicted molar refractivity (Wildman–Crippen MR) is 82.6 cm³/mol. The van der Waals surface area contributed by atoms with Gasteiger partial charge in [0.05, 0.1) is 17.7 Å². The molecule has 1 N–H and O–H groups in total. The molecule has 1 rings (SSSR count). The van der Waals surface area contributed by atoms with Crippen LogP contribution < -0.4 is 4.74 Å². The Morgan fingerprint density at radius 1 is 1.44 bits per heavy atom. The van der Waals surface area contributed by atoms with E-state index in [4.69, 9.17) is 4.74 Å². The zero-order valence-electron chi connectivity index (χ0n) is 11.1. The standard InChI is InChI=1S/C14H21BrO2S/c1-4-10(2)18-9-12(16)7-11-5-6-14(17-3)13(15)8-11/h5-6,8,10,12,16H,4,7,9H2,1-3H3. The van der Waals surface area contributed by atoms with Gasteiger partial charge in [-0.25, -0.2) is 0 Å². The van der Waals surface area contributed by atoms with E-state index < -0.39 is 0 Å². The molecule has 4 heteroatoms. The second-order valence-electron chi connectivity index (χ2n) is 4.38. The Balaban J connectivity index is 2.49. The maximum Gasteiger partial charge on any atom is 0.133 e. The van der Waals surface area contributed by atoms with Crippen LogP contribution in [0.2, 0.25) is 0 Å². The van der Waals surface area contributed by atoms with Gasteiger partial charge in [0.25, 0.3) is 0 Å². The molecule has 2 atom stereocenters. The molecule has 0 radical (unpaired) electrons. The molecule has 0 aliphatic heterocycles. The first kappa shape index (κ1) is 15.9. The van der Waals surface area contributed by atoms with Gasteiger partial charge in [-0.2, -0.15) is 11.8 Å². The minimum Gasteiger partial charge on any atom is -0.496 e. The highest BCUT2D eigenvalue weighted by Gasteiger charge is 2.09. The zero-order chi connectivity index (χ0) is 13.5. The SMILES string of the molecule is CCC(C)SCC(O)Cc1ccc(OC)c(Br)c1. The molecule has 18 heavy (non-hydrogen) atoms. The van der Waals surface area contributed by atoms with Crippen LogP contribution in [0.15, 0.2) is 22.7 Å². The smallest absolute Gasteiger partial charge is 0.133 e. The van der Waals surface area contributed by atoms with E-state index in [-0.39, 0.29) is 6.10 Å². The second-order valence-corrected chi connectivity index (χ2v) is 6.70. The number of hydrogen-bond acceptors (Lipinski definition) is 3. The number of aliphatic hydroxyl groups excluding tert-OH is 1. The summed E-state index contributed by atoms with van der Waals surface area (Å²) < 4.78 is 6.12. The van der Waals surface area contributed by atoms with E-state index in [0.717, 1.165) is 28.0 Å². The molecule has 2 nitrogen and oxygen atoms in total. The Morgan fingerprint density at radius 2 is 2.17 bits per heavy atom. The van der Waals surface area contributed by atoms with Crippen LogP contribution in [0, 0.1) is 0 Å². The highest BCUT2D eigenvalue weighted by Crippen LogP contribution is 2.26. The van der Waals surface area contributed by atoms with Crippen LogP contribution in [-0.2, 0) is 6.42 Å². The quantitative estimate of drug-likeness (QED) is 0.821. The molecule has 0 saturated heterocycles. The first-order valence-electron chi connectivity index (χ1n) is 6.18. The van der Waals surface area contributed by atoms with E-state index in [1.165, 1.54) is 0 Å². The van der Waals surface area contributed by atoms with Gasteiger partial charge in [-0.3, -0.25) is 0 Å². The Kier molecular flexibility index (Phi) is 7.12. The first-order chi connectivity index (χ1) is 8.56. The van der Waals surface area contributed by atoms with Crippen LogP contribution >= 0.6 is 27.7 Å². The minimum atomic E-state index is -0.288. The van der Waals surface area contributed by atoms with Crippen LogP contribution in [-0.4, -0.2) is 29.3 Å². The number of benzene rings is 1. The molecule has 0 aliphatic rings. The van der Waals surface area contributed by atoms with Gasteiger partial charge in [0.1, 0.15) is 5.75 Å². The van der Waals surface area contributed by atoms with Gasteiger partial charge in [0.2, 0.25) is 0 Å². The van der Waals surface area contributed by atoms with E-state index in [0.29, 0.717) is 11.7 Å². The van der Waals surface area contributed by atoms with Crippen molar-refractivity contribution >= 4 is 27.7 Å². The van der Waals surface area contributed by atoms with Crippen LogP contribution in [0.5, 0.6) is 5.75 Å². The summed E-state index contributed by atoms with van der Waals surface area (Å²) in [7, 11) is 1.65. The van der Waals surface area contributed by atoms with E-state index in [1.54, 1.807) is 7.11 Å². The number of hydrogen-bond donors (Lipinski definition) is 1.